The zero-order valence-corrected chi connectivity index (χ0v) is 11.9. The highest BCUT2D eigenvalue weighted by Gasteiger charge is 2.15. The summed E-state index contributed by atoms with van der Waals surface area (Å²) in [5.74, 6) is -1.14. The van der Waals surface area contributed by atoms with E-state index in [0.717, 1.165) is 0 Å². The Bertz CT molecular complexity index is 429. The highest BCUT2D eigenvalue weighted by molar-refractivity contribution is 6.44. The van der Waals surface area contributed by atoms with Gasteiger partial charge in [0.2, 0.25) is 11.6 Å². The summed E-state index contributed by atoms with van der Waals surface area (Å²) in [6, 6.07) is 8.34. The van der Waals surface area contributed by atoms with E-state index < -0.39 is 11.6 Å². The van der Waals surface area contributed by atoms with E-state index in [1.165, 1.54) is 0 Å². The second kappa shape index (κ2) is 10.2. The molecule has 2 N–H and O–H groups in total. The molecular formula is C15H21NO5. The molecule has 0 radical (unpaired) electrons. The van der Waals surface area contributed by atoms with Gasteiger partial charge in [0.25, 0.3) is 0 Å². The predicted molar refractivity (Wildman–Crippen MR) is 77.2 cm³/mol. The molecule has 1 aromatic carbocycles. The van der Waals surface area contributed by atoms with Gasteiger partial charge in [-0.2, -0.15) is 0 Å². The summed E-state index contributed by atoms with van der Waals surface area (Å²) < 4.78 is 5.19. The largest absolute Gasteiger partial charge is 0.395 e. The van der Waals surface area contributed by atoms with Crippen molar-refractivity contribution >= 4 is 11.6 Å². The fraction of sp³-hybridized carbons (Fsp3) is 0.467. The predicted octanol–water partition coefficient (Wildman–Crippen LogP) is -0.258. The van der Waals surface area contributed by atoms with E-state index >= 15 is 0 Å². The Labute approximate surface area is 124 Å². The number of carbonyl (C=O) groups excluding carboxylic acids is 2. The number of aliphatic hydroxyl groups excluding tert-OH is 2. The second-order valence-electron chi connectivity index (χ2n) is 4.46. The van der Waals surface area contributed by atoms with Crippen molar-refractivity contribution in [3.8, 4) is 0 Å². The molecule has 0 bridgehead atoms. The maximum absolute atomic E-state index is 11.8. The molecule has 116 valence electrons. The highest BCUT2D eigenvalue weighted by Crippen LogP contribution is 2.01. The number of ketones is 2. The summed E-state index contributed by atoms with van der Waals surface area (Å²) in [6.07, 6.45) is 0. The molecule has 0 aliphatic carbocycles. The minimum absolute atomic E-state index is 0.00851. The van der Waals surface area contributed by atoms with E-state index in [1.807, 2.05) is 4.90 Å². The summed E-state index contributed by atoms with van der Waals surface area (Å²) >= 11 is 0. The van der Waals surface area contributed by atoms with Crippen molar-refractivity contribution in [1.29, 1.82) is 0 Å². The van der Waals surface area contributed by atoms with Gasteiger partial charge < -0.3 is 14.9 Å². The van der Waals surface area contributed by atoms with E-state index in [1.54, 1.807) is 30.3 Å². The molecule has 0 atom stereocenters. The first-order valence-electron chi connectivity index (χ1n) is 6.83. The lowest BCUT2D eigenvalue weighted by molar-refractivity contribution is -0.119. The Hall–Kier alpha value is -1.60. The molecule has 0 saturated heterocycles. The topological polar surface area (TPSA) is 87.1 Å². The first-order chi connectivity index (χ1) is 10.2. The van der Waals surface area contributed by atoms with Crippen molar-refractivity contribution in [2.75, 3.05) is 46.1 Å². The minimum Gasteiger partial charge on any atom is -0.395 e. The third-order valence-electron chi connectivity index (χ3n) is 2.91. The van der Waals surface area contributed by atoms with Crippen LogP contribution in [-0.2, 0) is 9.53 Å². The van der Waals surface area contributed by atoms with E-state index in [0.29, 0.717) is 25.2 Å². The Morgan fingerprint density at radius 3 is 2.19 bits per heavy atom. The van der Waals surface area contributed by atoms with Crippen LogP contribution in [0.5, 0.6) is 0 Å². The first kappa shape index (κ1) is 17.5. The minimum atomic E-state index is -0.586. The van der Waals surface area contributed by atoms with Crippen molar-refractivity contribution in [2.45, 2.75) is 0 Å². The average Bonchev–Trinajstić information content (AvgIpc) is 2.51. The van der Waals surface area contributed by atoms with Gasteiger partial charge in [0, 0.05) is 25.2 Å². The van der Waals surface area contributed by atoms with E-state index in [2.05, 4.69) is 0 Å². The summed E-state index contributed by atoms with van der Waals surface area (Å²) in [5, 5.41) is 17.7. The Morgan fingerprint density at radius 1 is 1.00 bits per heavy atom. The van der Waals surface area contributed by atoms with Crippen LogP contribution in [0, 0.1) is 0 Å². The summed E-state index contributed by atoms with van der Waals surface area (Å²) in [4.78, 5) is 25.3. The molecule has 0 aliphatic rings. The van der Waals surface area contributed by atoms with E-state index in [-0.39, 0.29) is 26.4 Å². The molecule has 0 unspecified atom stereocenters. The molecule has 0 aromatic heterocycles. The fourth-order valence-corrected chi connectivity index (χ4v) is 1.79. The van der Waals surface area contributed by atoms with Crippen LogP contribution >= 0.6 is 0 Å². The van der Waals surface area contributed by atoms with Gasteiger partial charge in [-0.1, -0.05) is 30.3 Å². The molecule has 6 nitrogen and oxygen atoms in total. The maximum Gasteiger partial charge on any atom is 0.231 e. The Morgan fingerprint density at radius 2 is 1.62 bits per heavy atom. The van der Waals surface area contributed by atoms with Crippen LogP contribution < -0.4 is 0 Å². The molecule has 1 aromatic rings. The van der Waals surface area contributed by atoms with Gasteiger partial charge in [-0.3, -0.25) is 14.5 Å². The molecular weight excluding hydrogens is 274 g/mol. The summed E-state index contributed by atoms with van der Waals surface area (Å²) in [5.41, 5.74) is 0.355. The van der Waals surface area contributed by atoms with Crippen LogP contribution in [0.4, 0.5) is 0 Å². The number of nitrogens with zero attached hydrogens (tertiary/aromatic N) is 1. The summed E-state index contributed by atoms with van der Waals surface area (Å²) in [6.45, 7) is 1.32. The van der Waals surface area contributed by atoms with Crippen LogP contribution in [0.15, 0.2) is 30.3 Å². The molecule has 1 rings (SSSR count). The zero-order valence-electron chi connectivity index (χ0n) is 11.9. The van der Waals surface area contributed by atoms with Gasteiger partial charge >= 0.3 is 0 Å². The van der Waals surface area contributed by atoms with Gasteiger partial charge in [0.05, 0.1) is 19.8 Å². The molecule has 0 heterocycles. The maximum atomic E-state index is 11.8. The van der Waals surface area contributed by atoms with Crippen LogP contribution in [0.1, 0.15) is 10.4 Å². The van der Waals surface area contributed by atoms with Gasteiger partial charge in [0.1, 0.15) is 6.61 Å². The second-order valence-corrected chi connectivity index (χ2v) is 4.46. The lowest BCUT2D eigenvalue weighted by Crippen LogP contribution is -2.33. The van der Waals surface area contributed by atoms with E-state index in [4.69, 9.17) is 14.9 Å². The van der Waals surface area contributed by atoms with Crippen LogP contribution in [-0.4, -0.2) is 72.7 Å². The number of aliphatic hydroxyl groups is 2. The number of Topliss-reactive ketones (excluding diaryl/α,β-unsaturated/α-hetero) is 2. The number of benzene rings is 1. The normalized spacial score (nSPS) is 10.8. The highest BCUT2D eigenvalue weighted by atomic mass is 16.5. The van der Waals surface area contributed by atoms with Crippen molar-refractivity contribution in [2.24, 2.45) is 0 Å². The SMILES string of the molecule is O=C(COCCN(CCO)CCO)C(=O)c1ccccc1. The third kappa shape index (κ3) is 6.59. The quantitative estimate of drug-likeness (QED) is 0.332. The number of rotatable bonds is 11. The third-order valence-corrected chi connectivity index (χ3v) is 2.91. The zero-order chi connectivity index (χ0) is 15.5. The lowest BCUT2D eigenvalue weighted by atomic mass is 10.1. The van der Waals surface area contributed by atoms with Crippen molar-refractivity contribution in [3.05, 3.63) is 35.9 Å². The summed E-state index contributed by atoms with van der Waals surface area (Å²) in [7, 11) is 0. The number of carbonyl (C=O) groups is 2. The molecule has 0 spiro atoms. The van der Waals surface area contributed by atoms with Crippen molar-refractivity contribution in [3.63, 3.8) is 0 Å². The smallest absolute Gasteiger partial charge is 0.231 e. The Kier molecular flexibility index (Phi) is 8.45. The van der Waals surface area contributed by atoms with Gasteiger partial charge in [-0.25, -0.2) is 0 Å². The van der Waals surface area contributed by atoms with Crippen LogP contribution in [0.25, 0.3) is 0 Å². The standard InChI is InChI=1S/C15H21NO5/c17-9-6-16(7-10-18)8-11-21-12-14(19)15(20)13-4-2-1-3-5-13/h1-5,17-18H,6-12H2. The number of hydrogen-bond donors (Lipinski definition) is 2. The molecule has 0 amide bonds. The fourth-order valence-electron chi connectivity index (χ4n) is 1.79. The van der Waals surface area contributed by atoms with Gasteiger partial charge in [-0.05, 0) is 0 Å². The Balaban J connectivity index is 2.28. The van der Waals surface area contributed by atoms with Gasteiger partial charge in [-0.15, -0.1) is 0 Å². The average molecular weight is 295 g/mol. The van der Waals surface area contributed by atoms with E-state index in [9.17, 15) is 9.59 Å². The first-order valence-corrected chi connectivity index (χ1v) is 6.83. The molecule has 0 fully saturated rings. The lowest BCUT2D eigenvalue weighted by Gasteiger charge is -2.19. The monoisotopic (exact) mass is 295 g/mol. The van der Waals surface area contributed by atoms with Crippen molar-refractivity contribution < 1.29 is 24.5 Å². The number of hydrogen-bond acceptors (Lipinski definition) is 6. The van der Waals surface area contributed by atoms with Crippen molar-refractivity contribution in [1.82, 2.24) is 4.90 Å². The molecule has 0 saturated carbocycles. The van der Waals surface area contributed by atoms with Crippen LogP contribution in [0.2, 0.25) is 0 Å². The molecule has 21 heavy (non-hydrogen) atoms. The van der Waals surface area contributed by atoms with Gasteiger partial charge in [0.15, 0.2) is 0 Å². The molecule has 0 aliphatic heterocycles. The molecule has 6 heteroatoms. The van der Waals surface area contributed by atoms with Crippen LogP contribution in [0.3, 0.4) is 0 Å². The number of ether oxygens (including phenoxy) is 1.